The number of carbonyl (C=O) groups excluding carboxylic acids is 1. The van der Waals surface area contributed by atoms with E-state index < -0.39 is 23.4 Å². The zero-order valence-electron chi connectivity index (χ0n) is 16.8. The summed E-state index contributed by atoms with van der Waals surface area (Å²) in [5.41, 5.74) is 0.466. The summed E-state index contributed by atoms with van der Waals surface area (Å²) >= 11 is 0. The molecule has 0 unspecified atom stereocenters. The number of para-hydroxylation sites is 1. The van der Waals surface area contributed by atoms with Crippen LogP contribution in [0.25, 0.3) is 0 Å². The van der Waals surface area contributed by atoms with Gasteiger partial charge in [-0.15, -0.1) is 0 Å². The van der Waals surface area contributed by atoms with E-state index in [0.717, 1.165) is 0 Å². The topological polar surface area (TPSA) is 103 Å². The number of hydrogen-bond acceptors (Lipinski definition) is 6. The second-order valence-electron chi connectivity index (χ2n) is 7.51. The third-order valence-corrected chi connectivity index (χ3v) is 5.89. The van der Waals surface area contributed by atoms with Crippen molar-refractivity contribution in [1.82, 2.24) is 5.32 Å². The maximum absolute atomic E-state index is 13.1. The van der Waals surface area contributed by atoms with Crippen molar-refractivity contribution in [3.05, 3.63) is 76.4 Å². The highest BCUT2D eigenvalue weighted by Gasteiger charge is 2.67. The Morgan fingerprint density at radius 1 is 1.27 bits per heavy atom. The van der Waals surface area contributed by atoms with Crippen molar-refractivity contribution >= 4 is 11.6 Å². The smallest absolute Gasteiger partial charge is 0.256 e. The van der Waals surface area contributed by atoms with Gasteiger partial charge in [0.2, 0.25) is 0 Å². The first kappa shape index (κ1) is 19.9. The van der Waals surface area contributed by atoms with Gasteiger partial charge >= 0.3 is 0 Å². The fourth-order valence-corrected chi connectivity index (χ4v) is 4.71. The number of fused-ring (bicyclic) bond motifs is 2. The van der Waals surface area contributed by atoms with Crippen LogP contribution in [0.5, 0.6) is 11.5 Å². The van der Waals surface area contributed by atoms with Crippen molar-refractivity contribution in [1.29, 1.82) is 0 Å². The first-order valence-corrected chi connectivity index (χ1v) is 9.67. The maximum Gasteiger partial charge on any atom is 0.256 e. The standard InChI is InChI=1S/C22H23N3O5/c1-4-11-30-17-10-9-14(12-18(17)29-3)19-13(2)24-22(20(19)25(27)28)15-7-5-6-8-16(15)23-21(22)26/h4-10,12-13,19-20,24H,1,11H2,2-3H3,(H,23,26)/t13-,19-,20-,22+/m0/s1. The average Bonchev–Trinajstić information content (AvgIpc) is 3.20. The Balaban J connectivity index is 1.81. The molecule has 2 aliphatic heterocycles. The monoisotopic (exact) mass is 409 g/mol. The minimum atomic E-state index is -1.44. The van der Waals surface area contributed by atoms with Crippen LogP contribution in [-0.4, -0.2) is 36.6 Å². The molecule has 8 nitrogen and oxygen atoms in total. The van der Waals surface area contributed by atoms with Crippen molar-refractivity contribution < 1.29 is 19.2 Å². The molecule has 8 heteroatoms. The Hall–Kier alpha value is -3.39. The molecule has 2 aromatic rings. The quantitative estimate of drug-likeness (QED) is 0.432. The predicted molar refractivity (Wildman–Crippen MR) is 112 cm³/mol. The summed E-state index contributed by atoms with van der Waals surface area (Å²) in [4.78, 5) is 25.0. The molecule has 0 aliphatic carbocycles. The summed E-state index contributed by atoms with van der Waals surface area (Å²) in [6.45, 7) is 5.80. The average molecular weight is 409 g/mol. The van der Waals surface area contributed by atoms with Gasteiger partial charge in [0, 0.05) is 22.2 Å². The number of amides is 1. The van der Waals surface area contributed by atoms with Gasteiger partial charge in [0.05, 0.1) is 13.0 Å². The van der Waals surface area contributed by atoms with Gasteiger partial charge in [-0.05, 0) is 30.7 Å². The second-order valence-corrected chi connectivity index (χ2v) is 7.51. The third kappa shape index (κ3) is 2.83. The van der Waals surface area contributed by atoms with Crippen molar-refractivity contribution in [2.45, 2.75) is 30.5 Å². The van der Waals surface area contributed by atoms with Gasteiger partial charge < -0.3 is 14.8 Å². The molecule has 2 aliphatic rings. The van der Waals surface area contributed by atoms with Crippen LogP contribution in [0.1, 0.15) is 24.0 Å². The van der Waals surface area contributed by atoms with E-state index in [1.807, 2.05) is 6.92 Å². The molecule has 1 saturated heterocycles. The largest absolute Gasteiger partial charge is 0.493 e. The van der Waals surface area contributed by atoms with Crippen LogP contribution in [0, 0.1) is 10.1 Å². The first-order chi connectivity index (χ1) is 14.4. The number of ether oxygens (including phenoxy) is 2. The van der Waals surface area contributed by atoms with Crippen LogP contribution < -0.4 is 20.1 Å². The van der Waals surface area contributed by atoms with E-state index in [2.05, 4.69) is 17.2 Å². The number of nitro groups is 1. The lowest BCUT2D eigenvalue weighted by molar-refractivity contribution is -0.532. The molecular formula is C22H23N3O5. The Morgan fingerprint density at radius 2 is 2.03 bits per heavy atom. The molecule has 2 N–H and O–H groups in total. The van der Waals surface area contributed by atoms with Crippen molar-refractivity contribution in [2.75, 3.05) is 19.0 Å². The molecule has 2 heterocycles. The van der Waals surface area contributed by atoms with Gasteiger partial charge in [0.1, 0.15) is 6.61 Å². The lowest BCUT2D eigenvalue weighted by atomic mass is 9.78. The maximum atomic E-state index is 13.1. The molecule has 0 bridgehead atoms. The SMILES string of the molecule is C=CCOc1ccc([C@@H]2[C@H](C)N[C@@]3(C(=O)Nc4ccccc43)[C@H]2[N+](=O)[O-])cc1OC. The number of nitrogens with zero attached hydrogens (tertiary/aromatic N) is 1. The van der Waals surface area contributed by atoms with Gasteiger partial charge in [-0.1, -0.05) is 36.9 Å². The minimum absolute atomic E-state index is 0.314. The first-order valence-electron chi connectivity index (χ1n) is 9.67. The third-order valence-electron chi connectivity index (χ3n) is 5.89. The van der Waals surface area contributed by atoms with Gasteiger partial charge in [-0.25, -0.2) is 0 Å². The van der Waals surface area contributed by atoms with Gasteiger partial charge in [0.15, 0.2) is 17.0 Å². The Morgan fingerprint density at radius 3 is 2.73 bits per heavy atom. The normalized spacial score (nSPS) is 26.9. The second kappa shape index (κ2) is 7.46. The molecule has 30 heavy (non-hydrogen) atoms. The highest BCUT2D eigenvalue weighted by molar-refractivity contribution is 6.07. The van der Waals surface area contributed by atoms with Crippen LogP contribution in [0.3, 0.4) is 0 Å². The van der Waals surface area contributed by atoms with E-state index >= 15 is 0 Å². The van der Waals surface area contributed by atoms with Gasteiger partial charge in [-0.2, -0.15) is 0 Å². The van der Waals surface area contributed by atoms with Gasteiger partial charge in [-0.3, -0.25) is 20.2 Å². The van der Waals surface area contributed by atoms with E-state index in [1.165, 1.54) is 7.11 Å². The number of hydrogen-bond donors (Lipinski definition) is 2. The number of rotatable bonds is 6. The zero-order chi connectivity index (χ0) is 21.5. The summed E-state index contributed by atoms with van der Waals surface area (Å²) < 4.78 is 11.0. The Kier molecular flexibility index (Phi) is 4.95. The molecule has 0 radical (unpaired) electrons. The molecule has 4 rings (SSSR count). The van der Waals surface area contributed by atoms with E-state index in [0.29, 0.717) is 34.9 Å². The molecule has 4 atom stereocenters. The Labute approximate surface area is 174 Å². The summed E-state index contributed by atoms with van der Waals surface area (Å²) in [5, 5.41) is 18.4. The number of benzene rings is 2. The van der Waals surface area contributed by atoms with Crippen LogP contribution in [0.15, 0.2) is 55.1 Å². The van der Waals surface area contributed by atoms with Crippen LogP contribution >= 0.6 is 0 Å². The summed E-state index contributed by atoms with van der Waals surface area (Å²) in [7, 11) is 1.52. The van der Waals surface area contributed by atoms with Crippen LogP contribution in [0.4, 0.5) is 5.69 Å². The minimum Gasteiger partial charge on any atom is -0.493 e. The van der Waals surface area contributed by atoms with E-state index in [-0.39, 0.29) is 11.0 Å². The fourth-order valence-electron chi connectivity index (χ4n) is 4.71. The lowest BCUT2D eigenvalue weighted by Gasteiger charge is -2.25. The van der Waals surface area contributed by atoms with Crippen molar-refractivity contribution in [3.8, 4) is 11.5 Å². The van der Waals surface area contributed by atoms with Crippen LogP contribution in [0.2, 0.25) is 0 Å². The number of carbonyl (C=O) groups is 1. The predicted octanol–water partition coefficient (Wildman–Crippen LogP) is 2.83. The summed E-state index contributed by atoms with van der Waals surface area (Å²) in [5.74, 6) is 0.0360. The molecule has 1 amide bonds. The van der Waals surface area contributed by atoms with E-state index in [4.69, 9.17) is 9.47 Å². The number of methoxy groups -OCH3 is 1. The van der Waals surface area contributed by atoms with Gasteiger partial charge in [0.25, 0.3) is 11.9 Å². The highest BCUT2D eigenvalue weighted by atomic mass is 16.6. The zero-order valence-corrected chi connectivity index (χ0v) is 16.8. The molecule has 156 valence electrons. The van der Waals surface area contributed by atoms with Crippen LogP contribution in [-0.2, 0) is 10.3 Å². The molecule has 0 saturated carbocycles. The molecule has 0 aromatic heterocycles. The fraction of sp³-hybridized carbons (Fsp3) is 0.318. The molecule has 1 fully saturated rings. The van der Waals surface area contributed by atoms with Crippen molar-refractivity contribution in [2.24, 2.45) is 0 Å². The molecule has 2 aromatic carbocycles. The summed E-state index contributed by atoms with van der Waals surface area (Å²) in [6, 6.07) is 10.8. The Bertz CT molecular complexity index is 1020. The van der Waals surface area contributed by atoms with E-state index in [1.54, 1.807) is 48.5 Å². The number of anilines is 1. The molecule has 1 spiro atoms. The molecular weight excluding hydrogens is 386 g/mol. The number of nitrogens with one attached hydrogen (secondary N) is 2. The highest BCUT2D eigenvalue weighted by Crippen LogP contribution is 2.50. The lowest BCUT2D eigenvalue weighted by Crippen LogP contribution is -2.54. The summed E-state index contributed by atoms with van der Waals surface area (Å²) in [6.07, 6.45) is 1.62. The van der Waals surface area contributed by atoms with E-state index in [9.17, 15) is 14.9 Å². The van der Waals surface area contributed by atoms with Crippen molar-refractivity contribution in [3.63, 3.8) is 0 Å².